The Morgan fingerprint density at radius 1 is 1.26 bits per heavy atom. The molecule has 0 aromatic heterocycles. The second kappa shape index (κ2) is 3.93. The number of nitrogens with zero attached hydrogens (tertiary/aromatic N) is 4. The minimum Gasteiger partial charge on any atom is -0.301 e. The predicted molar refractivity (Wildman–Crippen MR) is 76.8 cm³/mol. The molecule has 3 aliphatic rings. The van der Waals surface area contributed by atoms with Gasteiger partial charge >= 0.3 is 0 Å². The van der Waals surface area contributed by atoms with Gasteiger partial charge in [0.25, 0.3) is 0 Å². The standard InChI is InChI=1S/C14H14N4S/c1-8(2)9-3-4-11-10(7-9)12-13(15-11)18-5-6-19-14(18)17-16-12/h3-4,7-8H,5-6H2,1-2H3. The van der Waals surface area contributed by atoms with Crippen LogP contribution in [0.5, 0.6) is 0 Å². The molecular weight excluding hydrogens is 256 g/mol. The molecule has 3 heterocycles. The molecule has 0 saturated heterocycles. The van der Waals surface area contributed by atoms with Crippen LogP contribution in [-0.4, -0.2) is 25.5 Å². The van der Waals surface area contributed by atoms with E-state index in [9.17, 15) is 0 Å². The molecule has 1 aromatic carbocycles. The van der Waals surface area contributed by atoms with Gasteiger partial charge in [0.1, 0.15) is 5.69 Å². The summed E-state index contributed by atoms with van der Waals surface area (Å²) >= 11 is 1.75. The first kappa shape index (κ1) is 11.2. The van der Waals surface area contributed by atoms with Crippen LogP contribution in [0.1, 0.15) is 25.3 Å². The summed E-state index contributed by atoms with van der Waals surface area (Å²) in [4.78, 5) is 4.73. The Bertz CT molecular complexity index is 747. The number of aromatic nitrogens is 4. The lowest BCUT2D eigenvalue weighted by Gasteiger charge is -2.06. The van der Waals surface area contributed by atoms with Crippen LogP contribution in [0.3, 0.4) is 0 Å². The Kier molecular flexibility index (Phi) is 2.33. The SMILES string of the molecule is CC(C)c1ccc2nc3n4c(nnc-3c2c1)SCC4. The van der Waals surface area contributed by atoms with Gasteiger partial charge in [0.2, 0.25) is 0 Å². The van der Waals surface area contributed by atoms with Crippen molar-refractivity contribution in [1.82, 2.24) is 19.7 Å². The highest BCUT2D eigenvalue weighted by Gasteiger charge is 2.23. The first-order valence-corrected chi connectivity index (χ1v) is 7.52. The number of thioether (sulfide) groups is 1. The normalized spacial score (nSPS) is 14.7. The monoisotopic (exact) mass is 270 g/mol. The molecule has 96 valence electrons. The number of benzene rings is 1. The highest BCUT2D eigenvalue weighted by Crippen LogP contribution is 2.35. The van der Waals surface area contributed by atoms with Crippen molar-refractivity contribution < 1.29 is 0 Å². The van der Waals surface area contributed by atoms with Gasteiger partial charge in [-0.25, -0.2) is 4.98 Å². The molecule has 0 spiro atoms. The van der Waals surface area contributed by atoms with Gasteiger partial charge < -0.3 is 4.57 Å². The number of rotatable bonds is 1. The lowest BCUT2D eigenvalue weighted by molar-refractivity contribution is 0.648. The quantitative estimate of drug-likeness (QED) is 0.681. The minimum absolute atomic E-state index is 0.514. The van der Waals surface area contributed by atoms with Gasteiger partial charge in [-0.05, 0) is 23.6 Å². The summed E-state index contributed by atoms with van der Waals surface area (Å²) in [7, 11) is 0. The van der Waals surface area contributed by atoms with E-state index in [-0.39, 0.29) is 0 Å². The van der Waals surface area contributed by atoms with Crippen molar-refractivity contribution in [3.63, 3.8) is 0 Å². The summed E-state index contributed by atoms with van der Waals surface area (Å²) in [5.41, 5.74) is 3.28. The lowest BCUT2D eigenvalue weighted by Crippen LogP contribution is -2.05. The molecule has 3 aliphatic heterocycles. The van der Waals surface area contributed by atoms with Gasteiger partial charge in [0, 0.05) is 17.7 Å². The van der Waals surface area contributed by atoms with E-state index < -0.39 is 0 Å². The summed E-state index contributed by atoms with van der Waals surface area (Å²) in [6, 6.07) is 6.46. The van der Waals surface area contributed by atoms with Crippen molar-refractivity contribution in [1.29, 1.82) is 0 Å². The third kappa shape index (κ3) is 1.57. The van der Waals surface area contributed by atoms with Gasteiger partial charge in [-0.15, -0.1) is 10.2 Å². The fourth-order valence-electron chi connectivity index (χ4n) is 2.55. The molecule has 0 radical (unpaired) electrons. The van der Waals surface area contributed by atoms with Crippen LogP contribution in [0.25, 0.3) is 22.4 Å². The molecule has 0 unspecified atom stereocenters. The Morgan fingerprint density at radius 3 is 3.00 bits per heavy atom. The number of fused-ring (bicyclic) bond motifs is 5. The molecule has 5 heteroatoms. The fourth-order valence-corrected chi connectivity index (χ4v) is 3.44. The summed E-state index contributed by atoms with van der Waals surface area (Å²) in [6.07, 6.45) is 0. The van der Waals surface area contributed by atoms with Gasteiger partial charge in [0.05, 0.1) is 5.52 Å². The van der Waals surface area contributed by atoms with E-state index in [1.165, 1.54) is 5.56 Å². The average molecular weight is 270 g/mol. The van der Waals surface area contributed by atoms with Crippen LogP contribution in [-0.2, 0) is 6.54 Å². The summed E-state index contributed by atoms with van der Waals surface area (Å²) < 4.78 is 2.18. The summed E-state index contributed by atoms with van der Waals surface area (Å²) in [5, 5.41) is 10.8. The fraction of sp³-hybridized carbons (Fsp3) is 0.357. The van der Waals surface area contributed by atoms with Crippen LogP contribution in [0.15, 0.2) is 23.4 Å². The largest absolute Gasteiger partial charge is 0.301 e. The molecule has 0 N–H and O–H groups in total. The van der Waals surface area contributed by atoms with Crippen molar-refractivity contribution >= 4 is 22.7 Å². The van der Waals surface area contributed by atoms with Crippen LogP contribution < -0.4 is 0 Å². The Balaban J connectivity index is 2.03. The third-order valence-electron chi connectivity index (χ3n) is 3.65. The van der Waals surface area contributed by atoms with Crippen molar-refractivity contribution in [3.8, 4) is 11.5 Å². The van der Waals surface area contributed by atoms with Crippen molar-refractivity contribution in [2.24, 2.45) is 0 Å². The zero-order valence-corrected chi connectivity index (χ0v) is 11.7. The van der Waals surface area contributed by atoms with Crippen molar-refractivity contribution in [2.45, 2.75) is 31.5 Å². The molecule has 1 aromatic rings. The second-order valence-electron chi connectivity index (χ2n) is 5.20. The van der Waals surface area contributed by atoms with Gasteiger partial charge in [-0.2, -0.15) is 0 Å². The Hall–Kier alpha value is -1.62. The number of hydrogen-bond donors (Lipinski definition) is 0. The summed E-state index contributed by atoms with van der Waals surface area (Å²) in [6.45, 7) is 5.38. The van der Waals surface area contributed by atoms with Crippen LogP contribution in [0.2, 0.25) is 0 Å². The zero-order chi connectivity index (χ0) is 13.0. The second-order valence-corrected chi connectivity index (χ2v) is 6.26. The summed E-state index contributed by atoms with van der Waals surface area (Å²) in [5.74, 6) is 2.56. The van der Waals surface area contributed by atoms with Gasteiger partial charge in [0.15, 0.2) is 11.0 Å². The smallest absolute Gasteiger partial charge is 0.191 e. The minimum atomic E-state index is 0.514. The van der Waals surface area contributed by atoms with Crippen LogP contribution >= 0.6 is 11.8 Å². The number of hydrogen-bond acceptors (Lipinski definition) is 4. The van der Waals surface area contributed by atoms with Crippen molar-refractivity contribution in [2.75, 3.05) is 5.75 Å². The highest BCUT2D eigenvalue weighted by molar-refractivity contribution is 7.99. The molecule has 0 bridgehead atoms. The van der Waals surface area contributed by atoms with Crippen LogP contribution in [0, 0.1) is 0 Å². The molecule has 0 atom stereocenters. The van der Waals surface area contributed by atoms with E-state index >= 15 is 0 Å². The van der Waals surface area contributed by atoms with E-state index in [0.29, 0.717) is 5.92 Å². The predicted octanol–water partition coefficient (Wildman–Crippen LogP) is 3.16. The Labute approximate surface area is 115 Å². The maximum atomic E-state index is 4.73. The first-order valence-electron chi connectivity index (χ1n) is 6.53. The molecule has 0 amide bonds. The van der Waals surface area contributed by atoms with Gasteiger partial charge in [-0.1, -0.05) is 31.7 Å². The topological polar surface area (TPSA) is 43.6 Å². The lowest BCUT2D eigenvalue weighted by atomic mass is 10.0. The Morgan fingerprint density at radius 2 is 2.16 bits per heavy atom. The average Bonchev–Trinajstić information content (AvgIpc) is 3.01. The molecule has 0 aliphatic carbocycles. The van der Waals surface area contributed by atoms with E-state index in [4.69, 9.17) is 4.98 Å². The molecule has 0 saturated carbocycles. The third-order valence-corrected chi connectivity index (χ3v) is 4.60. The van der Waals surface area contributed by atoms with E-state index in [1.807, 2.05) is 0 Å². The van der Waals surface area contributed by atoms with E-state index in [2.05, 4.69) is 46.8 Å². The van der Waals surface area contributed by atoms with E-state index in [1.54, 1.807) is 11.8 Å². The van der Waals surface area contributed by atoms with Crippen molar-refractivity contribution in [3.05, 3.63) is 23.8 Å². The molecule has 4 rings (SSSR count). The zero-order valence-electron chi connectivity index (χ0n) is 10.9. The molecule has 0 fully saturated rings. The van der Waals surface area contributed by atoms with Crippen LogP contribution in [0.4, 0.5) is 0 Å². The first-order chi connectivity index (χ1) is 9.24. The van der Waals surface area contributed by atoms with E-state index in [0.717, 1.165) is 39.9 Å². The van der Waals surface area contributed by atoms with Gasteiger partial charge in [-0.3, -0.25) is 0 Å². The highest BCUT2D eigenvalue weighted by atomic mass is 32.2. The maximum Gasteiger partial charge on any atom is 0.191 e. The molecular formula is C14H14N4S. The molecule has 19 heavy (non-hydrogen) atoms. The molecule has 4 nitrogen and oxygen atoms in total. The maximum absolute atomic E-state index is 4.73.